The van der Waals surface area contributed by atoms with E-state index in [1.807, 2.05) is 34.9 Å². The molecule has 1 saturated heterocycles. The molecule has 1 aliphatic carbocycles. The molecule has 1 aromatic carbocycles. The molecule has 0 N–H and O–H groups in total. The van der Waals surface area contributed by atoms with Crippen molar-refractivity contribution < 1.29 is 9.59 Å². The average molecular weight is 447 g/mol. The summed E-state index contributed by atoms with van der Waals surface area (Å²) in [7, 11) is 0. The normalized spacial score (nSPS) is 21.4. The number of nitrogens with zero attached hydrogens (tertiary/aromatic N) is 4. The third kappa shape index (κ3) is 4.53. The van der Waals surface area contributed by atoms with Gasteiger partial charge >= 0.3 is 0 Å². The Morgan fingerprint density at radius 1 is 1.00 bits per heavy atom. The second-order valence-electron chi connectivity index (χ2n) is 9.77. The van der Waals surface area contributed by atoms with E-state index in [1.54, 1.807) is 0 Å². The molecule has 6 heteroatoms. The van der Waals surface area contributed by atoms with Crippen molar-refractivity contribution in [3.63, 3.8) is 0 Å². The second kappa shape index (κ2) is 9.62. The van der Waals surface area contributed by atoms with Crippen LogP contribution >= 0.6 is 0 Å². The van der Waals surface area contributed by atoms with E-state index < -0.39 is 0 Å². The van der Waals surface area contributed by atoms with Crippen LogP contribution < -0.4 is 4.90 Å². The molecule has 2 fully saturated rings. The van der Waals surface area contributed by atoms with Gasteiger partial charge in [-0.25, -0.2) is 9.97 Å². The lowest BCUT2D eigenvalue weighted by Gasteiger charge is -2.32. The number of carbonyl (C=O) groups excluding carboxylic acids is 2. The van der Waals surface area contributed by atoms with Crippen molar-refractivity contribution in [3.05, 3.63) is 53.0 Å². The monoisotopic (exact) mass is 446 g/mol. The van der Waals surface area contributed by atoms with Gasteiger partial charge in [0.15, 0.2) is 5.82 Å². The molecule has 1 atom stereocenters. The molecule has 3 aliphatic rings. The minimum absolute atomic E-state index is 0.0728. The summed E-state index contributed by atoms with van der Waals surface area (Å²) in [5, 5.41) is 0. The van der Waals surface area contributed by atoms with Crippen molar-refractivity contribution >= 4 is 17.6 Å². The molecule has 6 nitrogen and oxygen atoms in total. The van der Waals surface area contributed by atoms with E-state index >= 15 is 0 Å². The van der Waals surface area contributed by atoms with Crippen LogP contribution in [0.15, 0.2) is 30.3 Å². The van der Waals surface area contributed by atoms with E-state index in [9.17, 15) is 9.59 Å². The number of amides is 2. The number of rotatable bonds is 5. The topological polar surface area (TPSA) is 66.4 Å². The number of aromatic nitrogens is 2. The van der Waals surface area contributed by atoms with Crippen LogP contribution in [-0.4, -0.2) is 39.8 Å². The summed E-state index contributed by atoms with van der Waals surface area (Å²) in [5.74, 6) is 2.05. The van der Waals surface area contributed by atoms with Gasteiger partial charge in [0.1, 0.15) is 5.82 Å². The van der Waals surface area contributed by atoms with E-state index in [-0.39, 0.29) is 23.8 Å². The molecule has 0 bridgehead atoms. The Morgan fingerprint density at radius 3 is 2.58 bits per heavy atom. The molecule has 2 aromatic rings. The van der Waals surface area contributed by atoms with E-state index in [2.05, 4.69) is 12.1 Å². The predicted octanol–water partition coefficient (Wildman–Crippen LogP) is 4.55. The Balaban J connectivity index is 1.41. The number of hydrogen-bond donors (Lipinski definition) is 0. The highest BCUT2D eigenvalue weighted by Gasteiger charge is 2.37. The first kappa shape index (κ1) is 22.1. The summed E-state index contributed by atoms with van der Waals surface area (Å²) in [6.45, 7) is 3.43. The van der Waals surface area contributed by atoms with Crippen molar-refractivity contribution in [1.29, 1.82) is 0 Å². The van der Waals surface area contributed by atoms with Gasteiger partial charge in [-0.1, -0.05) is 49.6 Å². The van der Waals surface area contributed by atoms with E-state index in [1.165, 1.54) is 12.0 Å². The van der Waals surface area contributed by atoms with Gasteiger partial charge in [0.25, 0.3) is 0 Å². The lowest BCUT2D eigenvalue weighted by atomic mass is 9.88. The SMILES string of the molecule is Cc1nc(C2CCCN2C(=O)C2CCCCC2)nc2c1CCC(=O)N2CCc1ccccc1. The van der Waals surface area contributed by atoms with Crippen LogP contribution in [0.25, 0.3) is 0 Å². The van der Waals surface area contributed by atoms with E-state index in [0.717, 1.165) is 68.6 Å². The lowest BCUT2D eigenvalue weighted by molar-refractivity contribution is -0.137. The molecule has 1 aromatic heterocycles. The molecule has 2 aliphatic heterocycles. The molecule has 0 spiro atoms. The van der Waals surface area contributed by atoms with Gasteiger partial charge in [-0.2, -0.15) is 0 Å². The largest absolute Gasteiger partial charge is 0.332 e. The molecule has 5 rings (SSSR count). The molecule has 0 radical (unpaired) electrons. The first-order valence-electron chi connectivity index (χ1n) is 12.6. The quantitative estimate of drug-likeness (QED) is 0.676. The Morgan fingerprint density at radius 2 is 1.79 bits per heavy atom. The molecule has 33 heavy (non-hydrogen) atoms. The zero-order valence-electron chi connectivity index (χ0n) is 19.6. The Labute approximate surface area is 196 Å². The van der Waals surface area contributed by atoms with Crippen LogP contribution in [0.2, 0.25) is 0 Å². The second-order valence-corrected chi connectivity index (χ2v) is 9.77. The molecule has 1 saturated carbocycles. The fourth-order valence-electron chi connectivity index (χ4n) is 5.75. The van der Waals surface area contributed by atoms with Crippen LogP contribution in [0.4, 0.5) is 5.82 Å². The third-order valence-corrected chi connectivity index (χ3v) is 7.61. The number of fused-ring (bicyclic) bond motifs is 1. The van der Waals surface area contributed by atoms with Crippen molar-refractivity contribution in [2.75, 3.05) is 18.0 Å². The minimum Gasteiger partial charge on any atom is -0.332 e. The van der Waals surface area contributed by atoms with Crippen molar-refractivity contribution in [2.24, 2.45) is 5.92 Å². The zero-order valence-corrected chi connectivity index (χ0v) is 19.6. The van der Waals surface area contributed by atoms with E-state index in [4.69, 9.17) is 9.97 Å². The van der Waals surface area contributed by atoms with Gasteiger partial charge < -0.3 is 4.90 Å². The van der Waals surface area contributed by atoms with Crippen molar-refractivity contribution in [3.8, 4) is 0 Å². The van der Waals surface area contributed by atoms with Gasteiger partial charge in [0.05, 0.1) is 6.04 Å². The molecule has 2 amide bonds. The highest BCUT2D eigenvalue weighted by Crippen LogP contribution is 2.37. The first-order chi connectivity index (χ1) is 16.1. The average Bonchev–Trinajstić information content (AvgIpc) is 3.34. The maximum Gasteiger partial charge on any atom is 0.228 e. The Kier molecular flexibility index (Phi) is 6.43. The van der Waals surface area contributed by atoms with Crippen LogP contribution in [-0.2, 0) is 22.4 Å². The van der Waals surface area contributed by atoms with Gasteiger partial charge in [-0.15, -0.1) is 0 Å². The van der Waals surface area contributed by atoms with Gasteiger partial charge in [0.2, 0.25) is 11.8 Å². The smallest absolute Gasteiger partial charge is 0.228 e. The molecule has 1 unspecified atom stereocenters. The maximum atomic E-state index is 13.3. The molecular weight excluding hydrogens is 412 g/mol. The summed E-state index contributed by atoms with van der Waals surface area (Å²) in [5.41, 5.74) is 3.24. The highest BCUT2D eigenvalue weighted by molar-refractivity contribution is 5.95. The summed E-state index contributed by atoms with van der Waals surface area (Å²) in [6.07, 6.45) is 9.44. The third-order valence-electron chi connectivity index (χ3n) is 7.61. The Hall–Kier alpha value is -2.76. The fourth-order valence-corrected chi connectivity index (χ4v) is 5.75. The molecule has 174 valence electrons. The van der Waals surface area contributed by atoms with Gasteiger partial charge in [0, 0.05) is 36.7 Å². The number of hydrogen-bond acceptors (Lipinski definition) is 4. The number of likely N-dealkylation sites (tertiary alicyclic amines) is 1. The predicted molar refractivity (Wildman–Crippen MR) is 128 cm³/mol. The van der Waals surface area contributed by atoms with Crippen molar-refractivity contribution in [2.45, 2.75) is 77.2 Å². The summed E-state index contributed by atoms with van der Waals surface area (Å²) in [6, 6.07) is 10.2. The number of carbonyl (C=O) groups is 2. The molecule has 3 heterocycles. The Bertz CT molecular complexity index is 1020. The summed E-state index contributed by atoms with van der Waals surface area (Å²) in [4.78, 5) is 40.0. The highest BCUT2D eigenvalue weighted by atomic mass is 16.2. The van der Waals surface area contributed by atoms with Gasteiger partial charge in [-0.3, -0.25) is 14.5 Å². The maximum absolute atomic E-state index is 13.3. The van der Waals surface area contributed by atoms with E-state index in [0.29, 0.717) is 25.2 Å². The first-order valence-corrected chi connectivity index (χ1v) is 12.6. The lowest BCUT2D eigenvalue weighted by Crippen LogP contribution is -2.40. The number of aryl methyl sites for hydroxylation is 1. The number of anilines is 1. The van der Waals surface area contributed by atoms with Gasteiger partial charge in [-0.05, 0) is 51.0 Å². The minimum atomic E-state index is -0.0728. The molecular formula is C27H34N4O2. The van der Waals surface area contributed by atoms with Crippen LogP contribution in [0.5, 0.6) is 0 Å². The van der Waals surface area contributed by atoms with Crippen molar-refractivity contribution in [1.82, 2.24) is 14.9 Å². The van der Waals surface area contributed by atoms with Crippen LogP contribution in [0, 0.1) is 12.8 Å². The summed E-state index contributed by atoms with van der Waals surface area (Å²) < 4.78 is 0. The standard InChI is InChI=1S/C27H34N4O2/c1-19-22-14-15-24(32)31(18-16-20-9-4-2-5-10-20)26(22)29-25(28-19)23-13-8-17-30(23)27(33)21-11-6-3-7-12-21/h2,4-5,9-10,21,23H,3,6-8,11-18H2,1H3. The van der Waals surface area contributed by atoms with Crippen LogP contribution in [0.3, 0.4) is 0 Å². The fraction of sp³-hybridized carbons (Fsp3) is 0.556. The van der Waals surface area contributed by atoms with Crippen LogP contribution in [0.1, 0.15) is 80.1 Å². The summed E-state index contributed by atoms with van der Waals surface area (Å²) >= 11 is 0. The number of benzene rings is 1. The zero-order chi connectivity index (χ0) is 22.8.